The maximum absolute atomic E-state index is 12.0. The Balaban J connectivity index is 1.89. The average Bonchev–Trinajstić information content (AvgIpc) is 2.63. The Kier molecular flexibility index (Phi) is 5.09. The third kappa shape index (κ3) is 4.32. The summed E-state index contributed by atoms with van der Waals surface area (Å²) in [4.78, 5) is 25.3. The van der Waals surface area contributed by atoms with Gasteiger partial charge in [0, 0.05) is 25.3 Å². The minimum atomic E-state index is -0.117. The second-order valence-corrected chi connectivity index (χ2v) is 4.87. The number of nitrogens with one attached hydrogen (secondary N) is 2. The van der Waals surface area contributed by atoms with Crippen molar-refractivity contribution in [2.45, 2.75) is 13.0 Å². The molecule has 2 rings (SSSR count). The first-order valence-corrected chi connectivity index (χ1v) is 6.75. The highest BCUT2D eigenvalue weighted by molar-refractivity contribution is 5.92. The van der Waals surface area contributed by atoms with E-state index in [1.165, 1.54) is 0 Å². The Hall–Kier alpha value is -1.92. The Labute approximate surface area is 118 Å². The normalized spacial score (nSPS) is 16.4. The van der Waals surface area contributed by atoms with E-state index in [1.807, 2.05) is 29.2 Å². The lowest BCUT2D eigenvalue weighted by atomic mass is 10.2. The van der Waals surface area contributed by atoms with Gasteiger partial charge in [0.15, 0.2) is 0 Å². The largest absolute Gasteiger partial charge is 0.355 e. The van der Waals surface area contributed by atoms with Crippen LogP contribution in [-0.2, 0) is 16.1 Å². The first-order chi connectivity index (χ1) is 9.67. The van der Waals surface area contributed by atoms with E-state index in [0.717, 1.165) is 24.2 Å². The second-order valence-electron chi connectivity index (χ2n) is 4.87. The van der Waals surface area contributed by atoms with Crippen LogP contribution in [0.25, 0.3) is 0 Å². The van der Waals surface area contributed by atoms with Gasteiger partial charge in [0.1, 0.15) is 0 Å². The second kappa shape index (κ2) is 7.02. The van der Waals surface area contributed by atoms with E-state index in [9.17, 15) is 9.59 Å². The van der Waals surface area contributed by atoms with Crippen molar-refractivity contribution in [1.29, 1.82) is 0 Å². The van der Waals surface area contributed by atoms with Gasteiger partial charge in [0.2, 0.25) is 11.8 Å². The molecule has 0 spiro atoms. The number of hydrogen-bond acceptors (Lipinski definition) is 4. The summed E-state index contributed by atoms with van der Waals surface area (Å²) in [6, 6.07) is 7.45. The van der Waals surface area contributed by atoms with Crippen molar-refractivity contribution in [3.05, 3.63) is 29.8 Å². The average molecular weight is 276 g/mol. The molecule has 0 atom stereocenters. The van der Waals surface area contributed by atoms with Gasteiger partial charge < -0.3 is 16.4 Å². The summed E-state index contributed by atoms with van der Waals surface area (Å²) in [5, 5.41) is 5.62. The van der Waals surface area contributed by atoms with Crippen LogP contribution < -0.4 is 16.4 Å². The Bertz CT molecular complexity index is 490. The molecule has 20 heavy (non-hydrogen) atoms. The molecule has 1 aliphatic heterocycles. The van der Waals surface area contributed by atoms with E-state index in [4.69, 9.17) is 5.73 Å². The standard InChI is InChI=1S/C14H20N4O2/c15-8-11-3-1-4-12(7-11)17-14(20)10-18-6-2-5-16-13(19)9-18/h1,3-4,7H,2,5-6,8-10,15H2,(H,16,19)(H,17,20). The summed E-state index contributed by atoms with van der Waals surface area (Å²) < 4.78 is 0. The van der Waals surface area contributed by atoms with Crippen molar-refractivity contribution in [3.8, 4) is 0 Å². The number of benzene rings is 1. The predicted molar refractivity (Wildman–Crippen MR) is 77.0 cm³/mol. The molecule has 1 saturated heterocycles. The zero-order valence-electron chi connectivity index (χ0n) is 11.4. The van der Waals surface area contributed by atoms with Gasteiger partial charge in [-0.15, -0.1) is 0 Å². The Morgan fingerprint density at radius 1 is 1.45 bits per heavy atom. The molecule has 0 bridgehead atoms. The number of amides is 2. The highest BCUT2D eigenvalue weighted by Gasteiger charge is 2.17. The van der Waals surface area contributed by atoms with Crippen LogP contribution in [0.15, 0.2) is 24.3 Å². The molecule has 4 N–H and O–H groups in total. The highest BCUT2D eigenvalue weighted by atomic mass is 16.2. The minimum Gasteiger partial charge on any atom is -0.355 e. The topological polar surface area (TPSA) is 87.5 Å². The fourth-order valence-electron chi connectivity index (χ4n) is 2.18. The van der Waals surface area contributed by atoms with Gasteiger partial charge in [-0.25, -0.2) is 0 Å². The summed E-state index contributed by atoms with van der Waals surface area (Å²) in [5.41, 5.74) is 7.27. The fraction of sp³-hybridized carbons (Fsp3) is 0.429. The molecular weight excluding hydrogens is 256 g/mol. The molecule has 1 aliphatic rings. The Morgan fingerprint density at radius 2 is 2.30 bits per heavy atom. The summed E-state index contributed by atoms with van der Waals surface area (Å²) in [6.07, 6.45) is 0.863. The lowest BCUT2D eigenvalue weighted by molar-refractivity contribution is -0.122. The molecule has 0 aromatic heterocycles. The number of anilines is 1. The summed E-state index contributed by atoms with van der Waals surface area (Å²) in [7, 11) is 0. The van der Waals surface area contributed by atoms with Gasteiger partial charge in [-0.05, 0) is 24.1 Å². The van der Waals surface area contributed by atoms with E-state index in [0.29, 0.717) is 13.1 Å². The molecule has 6 nitrogen and oxygen atoms in total. The first kappa shape index (κ1) is 14.5. The maximum atomic E-state index is 12.0. The van der Waals surface area contributed by atoms with Crippen molar-refractivity contribution in [1.82, 2.24) is 10.2 Å². The molecule has 0 aliphatic carbocycles. The highest BCUT2D eigenvalue weighted by Crippen LogP contribution is 2.10. The molecule has 1 aromatic carbocycles. The van der Waals surface area contributed by atoms with Crippen LogP contribution in [0.1, 0.15) is 12.0 Å². The van der Waals surface area contributed by atoms with Crippen LogP contribution in [0.3, 0.4) is 0 Å². The third-order valence-electron chi connectivity index (χ3n) is 3.15. The quantitative estimate of drug-likeness (QED) is 0.717. The molecule has 0 unspecified atom stereocenters. The van der Waals surface area contributed by atoms with Crippen molar-refractivity contribution >= 4 is 17.5 Å². The van der Waals surface area contributed by atoms with Gasteiger partial charge >= 0.3 is 0 Å². The number of hydrogen-bond donors (Lipinski definition) is 3. The first-order valence-electron chi connectivity index (χ1n) is 6.75. The van der Waals surface area contributed by atoms with E-state index < -0.39 is 0 Å². The molecule has 1 heterocycles. The molecular formula is C14H20N4O2. The molecule has 108 valence electrons. The molecule has 6 heteroatoms. The lowest BCUT2D eigenvalue weighted by Gasteiger charge is -2.17. The van der Waals surface area contributed by atoms with Crippen LogP contribution in [-0.4, -0.2) is 42.9 Å². The van der Waals surface area contributed by atoms with Gasteiger partial charge in [-0.3, -0.25) is 14.5 Å². The van der Waals surface area contributed by atoms with E-state index in [-0.39, 0.29) is 24.9 Å². The van der Waals surface area contributed by atoms with Gasteiger partial charge in [0.25, 0.3) is 0 Å². The van der Waals surface area contributed by atoms with Crippen LogP contribution >= 0.6 is 0 Å². The molecule has 1 aromatic rings. The van der Waals surface area contributed by atoms with Crippen molar-refractivity contribution in [2.24, 2.45) is 5.73 Å². The number of carbonyl (C=O) groups excluding carboxylic acids is 2. The SMILES string of the molecule is NCc1cccc(NC(=O)CN2CCCNC(=O)C2)c1. The van der Waals surface area contributed by atoms with Gasteiger partial charge in [-0.1, -0.05) is 12.1 Å². The fourth-order valence-corrected chi connectivity index (χ4v) is 2.18. The van der Waals surface area contributed by atoms with E-state index >= 15 is 0 Å². The summed E-state index contributed by atoms with van der Waals surface area (Å²) >= 11 is 0. The van der Waals surface area contributed by atoms with Gasteiger partial charge in [0.05, 0.1) is 13.1 Å². The summed E-state index contributed by atoms with van der Waals surface area (Å²) in [5.74, 6) is -0.144. The van der Waals surface area contributed by atoms with Crippen molar-refractivity contribution in [3.63, 3.8) is 0 Å². The zero-order valence-corrected chi connectivity index (χ0v) is 11.4. The number of nitrogens with zero attached hydrogens (tertiary/aromatic N) is 1. The predicted octanol–water partition coefficient (Wildman–Crippen LogP) is -0.0943. The van der Waals surface area contributed by atoms with E-state index in [2.05, 4.69) is 10.6 Å². The van der Waals surface area contributed by atoms with Gasteiger partial charge in [-0.2, -0.15) is 0 Å². The molecule has 2 amide bonds. The summed E-state index contributed by atoms with van der Waals surface area (Å²) in [6.45, 7) is 2.36. The number of nitrogens with two attached hydrogens (primary N) is 1. The van der Waals surface area contributed by atoms with Crippen LogP contribution in [0.4, 0.5) is 5.69 Å². The van der Waals surface area contributed by atoms with E-state index in [1.54, 1.807) is 0 Å². The van der Waals surface area contributed by atoms with Crippen LogP contribution in [0, 0.1) is 0 Å². The molecule has 0 radical (unpaired) electrons. The number of carbonyl (C=O) groups is 2. The molecule has 0 saturated carbocycles. The lowest BCUT2D eigenvalue weighted by Crippen LogP contribution is -2.38. The zero-order chi connectivity index (χ0) is 14.4. The molecule has 1 fully saturated rings. The maximum Gasteiger partial charge on any atom is 0.238 e. The monoisotopic (exact) mass is 276 g/mol. The van der Waals surface area contributed by atoms with Crippen LogP contribution in [0.5, 0.6) is 0 Å². The third-order valence-corrected chi connectivity index (χ3v) is 3.15. The minimum absolute atomic E-state index is 0.0274. The smallest absolute Gasteiger partial charge is 0.238 e. The van der Waals surface area contributed by atoms with Crippen LogP contribution in [0.2, 0.25) is 0 Å². The number of rotatable bonds is 4. The Morgan fingerprint density at radius 3 is 3.10 bits per heavy atom. The van der Waals surface area contributed by atoms with Crippen molar-refractivity contribution in [2.75, 3.05) is 31.5 Å². The van der Waals surface area contributed by atoms with Crippen molar-refractivity contribution < 1.29 is 9.59 Å².